The van der Waals surface area contributed by atoms with Gasteiger partial charge in [-0.3, -0.25) is 0 Å². The Labute approximate surface area is 171 Å². The van der Waals surface area contributed by atoms with E-state index in [9.17, 15) is 10.2 Å². The Hall–Kier alpha value is -3.52. The molecule has 0 saturated carbocycles. The molecule has 2 N–H and O–H groups in total. The third kappa shape index (κ3) is 4.17. The van der Waals surface area contributed by atoms with Gasteiger partial charge in [0.15, 0.2) is 0 Å². The van der Waals surface area contributed by atoms with Crippen LogP contribution in [-0.2, 0) is 6.42 Å². The lowest BCUT2D eigenvalue weighted by Gasteiger charge is -2.12. The number of phenols is 2. The Morgan fingerprint density at radius 1 is 0.517 bits per heavy atom. The summed E-state index contributed by atoms with van der Waals surface area (Å²) in [5, 5.41) is 19.0. The average molecular weight is 380 g/mol. The van der Waals surface area contributed by atoms with Crippen molar-refractivity contribution in [2.24, 2.45) is 0 Å². The summed E-state index contributed by atoms with van der Waals surface area (Å²) in [6.07, 6.45) is 0.882. The summed E-state index contributed by atoms with van der Waals surface area (Å²) in [6.45, 7) is 4.26. The van der Waals surface area contributed by atoms with Gasteiger partial charge in [0.05, 0.1) is 0 Å². The molecule has 0 spiro atoms. The molecule has 144 valence electrons. The highest BCUT2D eigenvalue weighted by atomic mass is 16.3. The second kappa shape index (κ2) is 7.84. The van der Waals surface area contributed by atoms with E-state index in [4.69, 9.17) is 0 Å². The lowest BCUT2D eigenvalue weighted by atomic mass is 9.93. The maximum atomic E-state index is 9.50. The Kier molecular flexibility index (Phi) is 5.09. The summed E-state index contributed by atoms with van der Waals surface area (Å²) in [7, 11) is 0. The van der Waals surface area contributed by atoms with Crippen LogP contribution in [0.2, 0.25) is 0 Å². The number of aromatic hydroxyl groups is 2. The minimum absolute atomic E-state index is 0.286. The van der Waals surface area contributed by atoms with Gasteiger partial charge in [-0.1, -0.05) is 60.7 Å². The van der Waals surface area contributed by atoms with Crippen LogP contribution in [0.3, 0.4) is 0 Å². The Balaban J connectivity index is 1.56. The van der Waals surface area contributed by atoms with Gasteiger partial charge < -0.3 is 10.2 Å². The highest BCUT2D eigenvalue weighted by Gasteiger charge is 2.07. The van der Waals surface area contributed by atoms with E-state index in [-0.39, 0.29) is 11.5 Å². The minimum Gasteiger partial charge on any atom is -0.508 e. The molecule has 0 saturated heterocycles. The van der Waals surface area contributed by atoms with Crippen LogP contribution in [0, 0.1) is 13.8 Å². The van der Waals surface area contributed by atoms with Gasteiger partial charge in [-0.2, -0.15) is 0 Å². The van der Waals surface area contributed by atoms with Crippen molar-refractivity contribution in [3.05, 3.63) is 107 Å². The van der Waals surface area contributed by atoms with Crippen LogP contribution in [0.25, 0.3) is 22.3 Å². The fourth-order valence-corrected chi connectivity index (χ4v) is 3.84. The zero-order valence-corrected chi connectivity index (χ0v) is 16.7. The minimum atomic E-state index is 0.286. The fourth-order valence-electron chi connectivity index (χ4n) is 3.84. The quantitative estimate of drug-likeness (QED) is 0.417. The molecule has 4 aromatic carbocycles. The van der Waals surface area contributed by atoms with Crippen molar-refractivity contribution in [2.45, 2.75) is 20.3 Å². The van der Waals surface area contributed by atoms with Crippen LogP contribution in [0.5, 0.6) is 11.5 Å². The van der Waals surface area contributed by atoms with Gasteiger partial charge >= 0.3 is 0 Å². The molecule has 0 atom stereocenters. The van der Waals surface area contributed by atoms with Gasteiger partial charge in [0.25, 0.3) is 0 Å². The first-order valence-corrected chi connectivity index (χ1v) is 9.77. The standard InChI is InChI=1S/C27H24O2/c1-18-15-20(3-13-26(18)22-5-9-24(28)10-6-22)17-21-4-14-27(19(2)16-21)23-7-11-25(29)12-8-23/h3-16,28-29H,17H2,1-2H3. The number of aryl methyl sites for hydroxylation is 2. The lowest BCUT2D eigenvalue weighted by Crippen LogP contribution is -1.93. The Morgan fingerprint density at radius 2 is 0.897 bits per heavy atom. The summed E-state index contributed by atoms with van der Waals surface area (Å²) in [5.74, 6) is 0.572. The van der Waals surface area contributed by atoms with E-state index in [0.29, 0.717) is 0 Å². The van der Waals surface area contributed by atoms with E-state index in [0.717, 1.165) is 17.5 Å². The second-order valence-electron chi connectivity index (χ2n) is 7.57. The molecule has 0 heterocycles. The van der Waals surface area contributed by atoms with Crippen LogP contribution in [0.15, 0.2) is 84.9 Å². The zero-order valence-electron chi connectivity index (χ0n) is 16.7. The molecule has 2 heteroatoms. The molecule has 0 aliphatic carbocycles. The van der Waals surface area contributed by atoms with E-state index in [1.54, 1.807) is 24.3 Å². The Bertz CT molecular complexity index is 1050. The smallest absolute Gasteiger partial charge is 0.115 e. The maximum Gasteiger partial charge on any atom is 0.115 e. The molecule has 0 amide bonds. The van der Waals surface area contributed by atoms with Crippen molar-refractivity contribution in [1.29, 1.82) is 0 Å². The molecular weight excluding hydrogens is 356 g/mol. The van der Waals surface area contributed by atoms with E-state index in [1.165, 1.54) is 33.4 Å². The van der Waals surface area contributed by atoms with Crippen molar-refractivity contribution in [3.8, 4) is 33.8 Å². The summed E-state index contributed by atoms with van der Waals surface area (Å²) < 4.78 is 0. The van der Waals surface area contributed by atoms with Gasteiger partial charge in [-0.05, 0) is 89.0 Å². The number of benzene rings is 4. The topological polar surface area (TPSA) is 40.5 Å². The molecule has 0 fully saturated rings. The fraction of sp³-hybridized carbons (Fsp3) is 0.111. The SMILES string of the molecule is Cc1cc(Cc2ccc(-c3ccc(O)cc3)c(C)c2)ccc1-c1ccc(O)cc1. The third-order valence-electron chi connectivity index (χ3n) is 5.35. The predicted molar refractivity (Wildman–Crippen MR) is 119 cm³/mol. The van der Waals surface area contributed by atoms with Gasteiger partial charge in [-0.25, -0.2) is 0 Å². The van der Waals surface area contributed by atoms with Crippen LogP contribution in [0.1, 0.15) is 22.3 Å². The molecule has 29 heavy (non-hydrogen) atoms. The van der Waals surface area contributed by atoms with Gasteiger partial charge in [-0.15, -0.1) is 0 Å². The highest BCUT2D eigenvalue weighted by molar-refractivity contribution is 5.69. The van der Waals surface area contributed by atoms with Crippen molar-refractivity contribution >= 4 is 0 Å². The molecular formula is C27H24O2. The second-order valence-corrected chi connectivity index (χ2v) is 7.57. The van der Waals surface area contributed by atoms with Gasteiger partial charge in [0.1, 0.15) is 11.5 Å². The first-order valence-electron chi connectivity index (χ1n) is 9.77. The first-order chi connectivity index (χ1) is 14.0. The van der Waals surface area contributed by atoms with Crippen LogP contribution in [0.4, 0.5) is 0 Å². The molecule has 0 aliphatic heterocycles. The molecule has 4 rings (SSSR count). The van der Waals surface area contributed by atoms with Crippen molar-refractivity contribution in [2.75, 3.05) is 0 Å². The predicted octanol–water partition coefficient (Wildman–Crippen LogP) is 6.64. The van der Waals surface area contributed by atoms with Gasteiger partial charge in [0, 0.05) is 0 Å². The average Bonchev–Trinajstić information content (AvgIpc) is 2.70. The summed E-state index contributed by atoms with van der Waals surface area (Å²) in [6, 6.07) is 27.8. The van der Waals surface area contributed by atoms with E-state index < -0.39 is 0 Å². The summed E-state index contributed by atoms with van der Waals surface area (Å²) >= 11 is 0. The van der Waals surface area contributed by atoms with Crippen molar-refractivity contribution in [3.63, 3.8) is 0 Å². The zero-order chi connectivity index (χ0) is 20.4. The monoisotopic (exact) mass is 380 g/mol. The molecule has 2 nitrogen and oxygen atoms in total. The molecule has 0 unspecified atom stereocenters. The van der Waals surface area contributed by atoms with Crippen LogP contribution >= 0.6 is 0 Å². The van der Waals surface area contributed by atoms with Crippen LogP contribution in [-0.4, -0.2) is 10.2 Å². The maximum absolute atomic E-state index is 9.50. The van der Waals surface area contributed by atoms with E-state index in [1.807, 2.05) is 24.3 Å². The molecule has 0 aliphatic rings. The molecule has 0 bridgehead atoms. The third-order valence-corrected chi connectivity index (χ3v) is 5.35. The number of phenolic OH excluding ortho intramolecular Hbond substituents is 2. The number of hydrogen-bond donors (Lipinski definition) is 2. The Morgan fingerprint density at radius 3 is 1.24 bits per heavy atom. The molecule has 0 aromatic heterocycles. The first kappa shape index (κ1) is 18.8. The normalized spacial score (nSPS) is 10.8. The summed E-state index contributed by atoms with van der Waals surface area (Å²) in [4.78, 5) is 0. The van der Waals surface area contributed by atoms with Gasteiger partial charge in [0.2, 0.25) is 0 Å². The number of hydrogen-bond acceptors (Lipinski definition) is 2. The lowest BCUT2D eigenvalue weighted by molar-refractivity contribution is 0.475. The molecule has 0 radical (unpaired) electrons. The highest BCUT2D eigenvalue weighted by Crippen LogP contribution is 2.29. The summed E-state index contributed by atoms with van der Waals surface area (Å²) in [5.41, 5.74) is 9.61. The van der Waals surface area contributed by atoms with Crippen molar-refractivity contribution in [1.82, 2.24) is 0 Å². The van der Waals surface area contributed by atoms with Crippen LogP contribution < -0.4 is 0 Å². The van der Waals surface area contributed by atoms with E-state index in [2.05, 4.69) is 50.2 Å². The van der Waals surface area contributed by atoms with E-state index >= 15 is 0 Å². The molecule has 4 aromatic rings. The van der Waals surface area contributed by atoms with Crippen molar-refractivity contribution < 1.29 is 10.2 Å². The number of rotatable bonds is 4. The largest absolute Gasteiger partial charge is 0.508 e.